The van der Waals surface area contributed by atoms with E-state index in [0.29, 0.717) is 39.6 Å². The number of methoxy groups -OCH3 is 1. The molecule has 0 bridgehead atoms. The maximum absolute atomic E-state index is 13.5. The molecule has 0 saturated heterocycles. The van der Waals surface area contributed by atoms with Crippen molar-refractivity contribution in [2.75, 3.05) is 7.11 Å². The zero-order valence-electron chi connectivity index (χ0n) is 20.4. The van der Waals surface area contributed by atoms with Gasteiger partial charge in [0, 0.05) is 9.86 Å². The van der Waals surface area contributed by atoms with Crippen molar-refractivity contribution in [2.45, 2.75) is 26.4 Å². The zero-order chi connectivity index (χ0) is 26.1. The van der Waals surface area contributed by atoms with Crippen LogP contribution in [0.1, 0.15) is 25.8 Å². The van der Waals surface area contributed by atoms with Crippen LogP contribution >= 0.6 is 38.5 Å². The summed E-state index contributed by atoms with van der Waals surface area (Å²) in [6.45, 7) is 4.08. The first-order valence-corrected chi connectivity index (χ1v) is 13.5. The standard InChI is InChI=1S/C28H23BrIN3O4/c1-4-16(2)36-26-21(30)11-17(12-24(26)35-3)15-31-33-27(32-22-8-6-5-7-20(22)28(33)34)25-14-18-13-19(29)9-10-23(18)37-25/h5-16H,4H2,1-3H3/t16-/m1/s1. The van der Waals surface area contributed by atoms with Crippen LogP contribution in [0.4, 0.5) is 0 Å². The summed E-state index contributed by atoms with van der Waals surface area (Å²) in [6, 6.07) is 18.5. The number of fused-ring (bicyclic) bond motifs is 2. The van der Waals surface area contributed by atoms with E-state index in [-0.39, 0.29) is 11.7 Å². The molecule has 2 heterocycles. The summed E-state index contributed by atoms with van der Waals surface area (Å²) in [7, 11) is 1.60. The van der Waals surface area contributed by atoms with Crippen LogP contribution < -0.4 is 15.0 Å². The molecule has 0 saturated carbocycles. The predicted molar refractivity (Wildman–Crippen MR) is 158 cm³/mol. The second-order valence-electron chi connectivity index (χ2n) is 8.48. The van der Waals surface area contributed by atoms with Gasteiger partial charge >= 0.3 is 0 Å². The molecule has 0 N–H and O–H groups in total. The molecule has 3 aromatic carbocycles. The number of rotatable bonds is 7. The fourth-order valence-corrected chi connectivity index (χ4v) is 4.98. The summed E-state index contributed by atoms with van der Waals surface area (Å²) >= 11 is 5.71. The Kier molecular flexibility index (Phi) is 7.34. The molecule has 0 amide bonds. The molecule has 9 heteroatoms. The second-order valence-corrected chi connectivity index (χ2v) is 10.6. The van der Waals surface area contributed by atoms with Gasteiger partial charge in [-0.3, -0.25) is 4.79 Å². The van der Waals surface area contributed by atoms with Gasteiger partial charge in [0.2, 0.25) is 5.82 Å². The van der Waals surface area contributed by atoms with E-state index in [2.05, 4.69) is 50.5 Å². The van der Waals surface area contributed by atoms with Crippen LogP contribution in [0.25, 0.3) is 33.5 Å². The number of aromatic nitrogens is 2. The Balaban J connectivity index is 1.64. The van der Waals surface area contributed by atoms with Crippen LogP contribution in [0.15, 0.2) is 79.4 Å². The van der Waals surface area contributed by atoms with Gasteiger partial charge in [-0.25, -0.2) is 4.98 Å². The highest BCUT2D eigenvalue weighted by atomic mass is 127. The molecule has 0 aliphatic carbocycles. The van der Waals surface area contributed by atoms with Crippen LogP contribution in [-0.2, 0) is 0 Å². The molecule has 188 valence electrons. The van der Waals surface area contributed by atoms with Crippen molar-refractivity contribution < 1.29 is 13.9 Å². The molecule has 0 aliphatic rings. The average Bonchev–Trinajstić information content (AvgIpc) is 3.32. The molecule has 1 atom stereocenters. The van der Waals surface area contributed by atoms with Gasteiger partial charge in [0.25, 0.3) is 5.56 Å². The highest BCUT2D eigenvalue weighted by Gasteiger charge is 2.17. The molecule has 2 aromatic heterocycles. The second kappa shape index (κ2) is 10.7. The third kappa shape index (κ3) is 5.15. The van der Waals surface area contributed by atoms with Gasteiger partial charge in [0.05, 0.1) is 33.9 Å². The monoisotopic (exact) mass is 671 g/mol. The van der Waals surface area contributed by atoms with E-state index in [1.807, 2.05) is 49.4 Å². The first-order valence-electron chi connectivity index (χ1n) is 11.7. The Bertz CT molecular complexity index is 1710. The smallest absolute Gasteiger partial charge is 0.282 e. The summed E-state index contributed by atoms with van der Waals surface area (Å²) in [5.74, 6) is 2.04. The average molecular weight is 672 g/mol. The van der Waals surface area contributed by atoms with Crippen molar-refractivity contribution in [3.63, 3.8) is 0 Å². The fraction of sp³-hybridized carbons (Fsp3) is 0.179. The quantitative estimate of drug-likeness (QED) is 0.135. The summed E-state index contributed by atoms with van der Waals surface area (Å²) in [6.07, 6.45) is 2.54. The van der Waals surface area contributed by atoms with Gasteiger partial charge in [0.1, 0.15) is 5.58 Å². The summed E-state index contributed by atoms with van der Waals surface area (Å²) in [4.78, 5) is 18.3. The molecule has 0 spiro atoms. The number of ether oxygens (including phenoxy) is 2. The van der Waals surface area contributed by atoms with Crippen LogP contribution in [-0.4, -0.2) is 29.1 Å². The van der Waals surface area contributed by atoms with E-state index in [1.165, 1.54) is 4.68 Å². The first kappa shape index (κ1) is 25.5. The van der Waals surface area contributed by atoms with Crippen LogP contribution in [0.5, 0.6) is 11.5 Å². The Hall–Kier alpha value is -3.18. The highest BCUT2D eigenvalue weighted by molar-refractivity contribution is 14.1. The maximum atomic E-state index is 13.5. The third-order valence-electron chi connectivity index (χ3n) is 5.92. The lowest BCUT2D eigenvalue weighted by Crippen LogP contribution is -2.20. The molecule has 0 unspecified atom stereocenters. The number of hydrogen-bond donors (Lipinski definition) is 0. The molecule has 37 heavy (non-hydrogen) atoms. The SMILES string of the molecule is CC[C@@H](C)Oc1c(I)cc(C=Nn2c(-c3cc4cc(Br)ccc4o3)nc3ccccc3c2=O)cc1OC. The van der Waals surface area contributed by atoms with Crippen molar-refractivity contribution in [3.8, 4) is 23.1 Å². The van der Waals surface area contributed by atoms with E-state index in [1.54, 1.807) is 31.5 Å². The van der Waals surface area contributed by atoms with E-state index >= 15 is 0 Å². The lowest BCUT2D eigenvalue weighted by atomic mass is 10.2. The number of hydrogen-bond acceptors (Lipinski definition) is 6. The van der Waals surface area contributed by atoms with Gasteiger partial charge in [-0.1, -0.05) is 35.0 Å². The maximum Gasteiger partial charge on any atom is 0.282 e. The number of benzene rings is 3. The third-order valence-corrected chi connectivity index (χ3v) is 7.22. The van der Waals surface area contributed by atoms with Gasteiger partial charge in [-0.2, -0.15) is 9.78 Å². The Morgan fingerprint density at radius 1 is 1.19 bits per heavy atom. The van der Waals surface area contributed by atoms with Gasteiger partial charge < -0.3 is 13.9 Å². The van der Waals surface area contributed by atoms with Crippen molar-refractivity contribution in [1.29, 1.82) is 0 Å². The summed E-state index contributed by atoms with van der Waals surface area (Å²) in [5.41, 5.74) is 1.71. The number of para-hydroxylation sites is 1. The van der Waals surface area contributed by atoms with Gasteiger partial charge in [-0.15, -0.1) is 0 Å². The van der Waals surface area contributed by atoms with Crippen LogP contribution in [0, 0.1) is 3.57 Å². The molecule has 0 radical (unpaired) electrons. The fourth-order valence-electron chi connectivity index (χ4n) is 3.85. The number of halogens is 2. The van der Waals surface area contributed by atoms with Crippen molar-refractivity contribution in [1.82, 2.24) is 9.66 Å². The predicted octanol–water partition coefficient (Wildman–Crippen LogP) is 7.24. The number of furan rings is 1. The van der Waals surface area contributed by atoms with E-state index in [9.17, 15) is 4.79 Å². The Labute approximate surface area is 235 Å². The van der Waals surface area contributed by atoms with Crippen molar-refractivity contribution in [2.24, 2.45) is 5.10 Å². The minimum absolute atomic E-state index is 0.0520. The topological polar surface area (TPSA) is 78.9 Å². The lowest BCUT2D eigenvalue weighted by molar-refractivity contribution is 0.206. The molecule has 5 rings (SSSR count). The first-order chi connectivity index (χ1) is 17.9. The largest absolute Gasteiger partial charge is 0.493 e. The zero-order valence-corrected chi connectivity index (χ0v) is 24.1. The van der Waals surface area contributed by atoms with E-state index in [0.717, 1.165) is 25.4 Å². The molecule has 0 aliphatic heterocycles. The van der Waals surface area contributed by atoms with E-state index in [4.69, 9.17) is 18.9 Å². The summed E-state index contributed by atoms with van der Waals surface area (Å²) < 4.78 is 20.8. The number of nitrogens with zero attached hydrogens (tertiary/aromatic N) is 3. The normalized spacial score (nSPS) is 12.5. The molecule has 5 aromatic rings. The van der Waals surface area contributed by atoms with Gasteiger partial charge in [-0.05, 0) is 90.0 Å². The lowest BCUT2D eigenvalue weighted by Gasteiger charge is -2.17. The van der Waals surface area contributed by atoms with Crippen molar-refractivity contribution >= 4 is 66.6 Å². The molecular weight excluding hydrogens is 649 g/mol. The molecule has 7 nitrogen and oxygen atoms in total. The molecule has 0 fully saturated rings. The Morgan fingerprint density at radius 2 is 2.00 bits per heavy atom. The molecular formula is C28H23BrIN3O4. The van der Waals surface area contributed by atoms with Crippen LogP contribution in [0.2, 0.25) is 0 Å². The van der Waals surface area contributed by atoms with E-state index < -0.39 is 0 Å². The van der Waals surface area contributed by atoms with Gasteiger partial charge in [0.15, 0.2) is 17.3 Å². The minimum Gasteiger partial charge on any atom is -0.493 e. The Morgan fingerprint density at radius 3 is 2.78 bits per heavy atom. The van der Waals surface area contributed by atoms with Crippen LogP contribution in [0.3, 0.4) is 0 Å². The summed E-state index contributed by atoms with van der Waals surface area (Å²) in [5, 5.41) is 5.91. The minimum atomic E-state index is -0.295. The highest BCUT2D eigenvalue weighted by Crippen LogP contribution is 2.35. The van der Waals surface area contributed by atoms with Crippen molar-refractivity contribution in [3.05, 3.63) is 84.6 Å².